The van der Waals surface area contributed by atoms with Gasteiger partial charge in [0, 0.05) is 13.1 Å². The van der Waals surface area contributed by atoms with Crippen LogP contribution in [0.25, 0.3) is 0 Å². The summed E-state index contributed by atoms with van der Waals surface area (Å²) < 4.78 is 5.29. The van der Waals surface area contributed by atoms with Gasteiger partial charge in [-0.15, -0.1) is 0 Å². The van der Waals surface area contributed by atoms with Gasteiger partial charge in [0.2, 0.25) is 17.3 Å². The molecule has 1 saturated heterocycles. The van der Waals surface area contributed by atoms with Crippen molar-refractivity contribution in [2.45, 2.75) is 12.8 Å². The summed E-state index contributed by atoms with van der Waals surface area (Å²) in [6.07, 6.45) is 4.94. The molecule has 1 fully saturated rings. The van der Waals surface area contributed by atoms with E-state index in [1.165, 1.54) is 25.0 Å². The lowest BCUT2D eigenvalue weighted by molar-refractivity contribution is 0.0974. The average Bonchev–Trinajstić information content (AvgIpc) is 3.03. The Labute approximate surface area is 110 Å². The number of carbonyl (C=O) groups is 2. The van der Waals surface area contributed by atoms with Crippen molar-refractivity contribution in [3.63, 3.8) is 0 Å². The molecule has 2 aliphatic rings. The highest BCUT2D eigenvalue weighted by Gasteiger charge is 2.26. The second-order valence-electron chi connectivity index (χ2n) is 4.73. The van der Waals surface area contributed by atoms with Gasteiger partial charge in [0.05, 0.1) is 0 Å². The molecule has 6 heteroatoms. The first-order valence-corrected chi connectivity index (χ1v) is 6.48. The number of likely N-dealkylation sites (tertiary alicyclic amines) is 1. The van der Waals surface area contributed by atoms with Gasteiger partial charge in [-0.3, -0.25) is 9.59 Å². The van der Waals surface area contributed by atoms with Crippen molar-refractivity contribution in [1.82, 2.24) is 9.88 Å². The zero-order valence-electron chi connectivity index (χ0n) is 10.5. The number of ketones is 2. The molecule has 1 aliphatic heterocycles. The molecule has 0 bridgehead atoms. The van der Waals surface area contributed by atoms with E-state index in [-0.39, 0.29) is 29.0 Å². The zero-order chi connectivity index (χ0) is 13.2. The van der Waals surface area contributed by atoms with E-state index in [0.29, 0.717) is 6.54 Å². The van der Waals surface area contributed by atoms with Crippen LogP contribution in [-0.2, 0) is 0 Å². The van der Waals surface area contributed by atoms with Gasteiger partial charge in [-0.1, -0.05) is 0 Å². The fourth-order valence-electron chi connectivity index (χ4n) is 2.36. The summed E-state index contributed by atoms with van der Waals surface area (Å²) in [5.74, 6) is -0.559. The molecule has 0 saturated carbocycles. The smallest absolute Gasteiger partial charge is 0.296 e. The van der Waals surface area contributed by atoms with Crippen LogP contribution in [0.4, 0.5) is 6.01 Å². The van der Waals surface area contributed by atoms with Crippen LogP contribution < -0.4 is 5.32 Å². The number of hydrogen-bond acceptors (Lipinski definition) is 6. The Morgan fingerprint density at radius 3 is 2.68 bits per heavy atom. The van der Waals surface area contributed by atoms with Crippen molar-refractivity contribution in [2.75, 3.05) is 31.5 Å². The van der Waals surface area contributed by atoms with Gasteiger partial charge in [0.1, 0.15) is 0 Å². The SMILES string of the molecule is O=C1C=CC(=O)c2oc(NCCN3CCCC3)nc21. The standard InChI is InChI=1S/C13H15N3O3/c17-9-3-4-10(18)12-11(9)15-13(19-12)14-5-8-16-6-1-2-7-16/h3-4H,1-2,5-8H2,(H,14,15). The van der Waals surface area contributed by atoms with Crippen molar-refractivity contribution in [3.05, 3.63) is 23.6 Å². The predicted molar refractivity (Wildman–Crippen MR) is 68.5 cm³/mol. The Bertz CT molecular complexity index is 506. The largest absolute Gasteiger partial charge is 0.419 e. The highest BCUT2D eigenvalue weighted by atomic mass is 16.4. The Morgan fingerprint density at radius 1 is 1.21 bits per heavy atom. The maximum Gasteiger partial charge on any atom is 0.296 e. The highest BCUT2D eigenvalue weighted by Crippen LogP contribution is 2.20. The predicted octanol–water partition coefficient (Wildman–Crippen LogP) is 1.12. The van der Waals surface area contributed by atoms with Crippen LogP contribution in [0.15, 0.2) is 16.6 Å². The quantitative estimate of drug-likeness (QED) is 0.875. The van der Waals surface area contributed by atoms with Gasteiger partial charge in [-0.25, -0.2) is 0 Å². The minimum absolute atomic E-state index is 0.0381. The maximum absolute atomic E-state index is 11.5. The summed E-state index contributed by atoms with van der Waals surface area (Å²) in [6, 6.07) is 0.245. The molecule has 0 unspecified atom stereocenters. The third kappa shape index (κ3) is 2.44. The second-order valence-corrected chi connectivity index (χ2v) is 4.73. The first-order valence-electron chi connectivity index (χ1n) is 6.48. The van der Waals surface area contributed by atoms with Crippen molar-refractivity contribution in [3.8, 4) is 0 Å². The van der Waals surface area contributed by atoms with E-state index in [4.69, 9.17) is 4.42 Å². The van der Waals surface area contributed by atoms with Crippen molar-refractivity contribution < 1.29 is 14.0 Å². The van der Waals surface area contributed by atoms with Crippen LogP contribution in [0, 0.1) is 0 Å². The molecule has 0 spiro atoms. The molecule has 1 aliphatic carbocycles. The molecule has 2 heterocycles. The molecule has 0 amide bonds. The van der Waals surface area contributed by atoms with Gasteiger partial charge in [0.15, 0.2) is 5.69 Å². The number of hydrogen-bond donors (Lipinski definition) is 1. The van der Waals surface area contributed by atoms with Gasteiger partial charge in [-0.2, -0.15) is 4.98 Å². The molecule has 0 aromatic carbocycles. The molecule has 1 N–H and O–H groups in total. The van der Waals surface area contributed by atoms with Crippen molar-refractivity contribution in [1.29, 1.82) is 0 Å². The number of oxazole rings is 1. The number of allylic oxidation sites excluding steroid dienone is 2. The van der Waals surface area contributed by atoms with Crippen LogP contribution in [0.5, 0.6) is 0 Å². The lowest BCUT2D eigenvalue weighted by Gasteiger charge is -2.13. The Morgan fingerprint density at radius 2 is 1.95 bits per heavy atom. The lowest BCUT2D eigenvalue weighted by atomic mass is 10.1. The third-order valence-electron chi connectivity index (χ3n) is 3.37. The van der Waals surface area contributed by atoms with E-state index in [1.54, 1.807) is 0 Å². The summed E-state index contributed by atoms with van der Waals surface area (Å²) in [5, 5.41) is 3.02. The first kappa shape index (κ1) is 12.1. The number of nitrogens with zero attached hydrogens (tertiary/aromatic N) is 2. The topological polar surface area (TPSA) is 75.4 Å². The molecule has 100 valence electrons. The highest BCUT2D eigenvalue weighted by molar-refractivity contribution is 6.20. The molecule has 3 rings (SSSR count). The van der Waals surface area contributed by atoms with E-state index < -0.39 is 0 Å². The summed E-state index contributed by atoms with van der Waals surface area (Å²) >= 11 is 0. The number of aromatic nitrogens is 1. The zero-order valence-corrected chi connectivity index (χ0v) is 10.5. The van der Waals surface area contributed by atoms with E-state index in [2.05, 4.69) is 15.2 Å². The van der Waals surface area contributed by atoms with E-state index in [9.17, 15) is 9.59 Å². The minimum atomic E-state index is -0.310. The Hall–Kier alpha value is -1.95. The molecule has 6 nitrogen and oxygen atoms in total. The minimum Gasteiger partial charge on any atom is -0.419 e. The molecule has 1 aromatic rings. The normalized spacial score (nSPS) is 18.9. The van der Waals surface area contributed by atoms with E-state index in [0.717, 1.165) is 19.6 Å². The fraction of sp³-hybridized carbons (Fsp3) is 0.462. The number of rotatable bonds is 4. The summed E-state index contributed by atoms with van der Waals surface area (Å²) in [7, 11) is 0. The van der Waals surface area contributed by atoms with Crippen molar-refractivity contribution >= 4 is 17.6 Å². The molecule has 1 aromatic heterocycles. The summed E-state index contributed by atoms with van der Waals surface area (Å²) in [6.45, 7) is 3.86. The van der Waals surface area contributed by atoms with Crippen LogP contribution >= 0.6 is 0 Å². The van der Waals surface area contributed by atoms with Crippen molar-refractivity contribution in [2.24, 2.45) is 0 Å². The average molecular weight is 261 g/mol. The molecule has 0 atom stereocenters. The van der Waals surface area contributed by atoms with Gasteiger partial charge < -0.3 is 14.6 Å². The lowest BCUT2D eigenvalue weighted by Crippen LogP contribution is -2.26. The van der Waals surface area contributed by atoms with Crippen LogP contribution in [0.1, 0.15) is 33.9 Å². The van der Waals surface area contributed by atoms with Crippen LogP contribution in [-0.4, -0.2) is 47.6 Å². The number of anilines is 1. The van der Waals surface area contributed by atoms with Crippen LogP contribution in [0.3, 0.4) is 0 Å². The Balaban J connectivity index is 1.61. The van der Waals surface area contributed by atoms with Crippen LogP contribution in [0.2, 0.25) is 0 Å². The third-order valence-corrected chi connectivity index (χ3v) is 3.37. The van der Waals surface area contributed by atoms with Gasteiger partial charge in [-0.05, 0) is 38.1 Å². The number of carbonyl (C=O) groups excluding carboxylic acids is 2. The monoisotopic (exact) mass is 261 g/mol. The van der Waals surface area contributed by atoms with Gasteiger partial charge in [0.25, 0.3) is 6.01 Å². The maximum atomic E-state index is 11.5. The summed E-state index contributed by atoms with van der Waals surface area (Å²) in [5.41, 5.74) is 0.108. The molecule has 19 heavy (non-hydrogen) atoms. The Kier molecular flexibility index (Phi) is 3.16. The molecule has 0 radical (unpaired) electrons. The first-order chi connectivity index (χ1) is 9.24. The van der Waals surface area contributed by atoms with E-state index in [1.807, 2.05) is 0 Å². The number of nitrogens with one attached hydrogen (secondary N) is 1. The molecular formula is C13H15N3O3. The summed E-state index contributed by atoms with van der Waals surface area (Å²) in [4.78, 5) is 29.4. The number of fused-ring (bicyclic) bond motifs is 1. The van der Waals surface area contributed by atoms with Gasteiger partial charge >= 0.3 is 0 Å². The fourth-order valence-corrected chi connectivity index (χ4v) is 2.36. The molecular weight excluding hydrogens is 246 g/mol. The van der Waals surface area contributed by atoms with E-state index >= 15 is 0 Å². The second kappa shape index (κ2) is 4.97.